The molecule has 0 atom stereocenters. The predicted molar refractivity (Wildman–Crippen MR) is 91.5 cm³/mol. The van der Waals surface area contributed by atoms with Gasteiger partial charge < -0.3 is 9.80 Å². The van der Waals surface area contributed by atoms with Crippen LogP contribution in [0.5, 0.6) is 0 Å². The molecule has 2 aliphatic rings. The minimum atomic E-state index is 0.980. The van der Waals surface area contributed by atoms with E-state index in [4.69, 9.17) is 24.4 Å². The Morgan fingerprint density at radius 3 is 1.55 bits per heavy atom. The number of rotatable bonds is 2. The molecule has 20 heavy (non-hydrogen) atoms. The maximum Gasteiger partial charge on any atom is 0.109 e. The molecule has 0 unspecified atom stereocenters. The van der Waals surface area contributed by atoms with E-state index in [2.05, 4.69) is 34.1 Å². The summed E-state index contributed by atoms with van der Waals surface area (Å²) in [4.78, 5) is 6.59. The van der Waals surface area contributed by atoms with Crippen molar-refractivity contribution < 1.29 is 0 Å². The van der Waals surface area contributed by atoms with Gasteiger partial charge in [0, 0.05) is 37.3 Å². The van der Waals surface area contributed by atoms with E-state index in [0.29, 0.717) is 0 Å². The average Bonchev–Trinajstić information content (AvgIpc) is 3.18. The molecule has 1 aromatic carbocycles. The molecular weight excluding hydrogens is 284 g/mol. The third kappa shape index (κ3) is 2.86. The minimum absolute atomic E-state index is 0.980. The molecule has 0 aliphatic carbocycles. The van der Waals surface area contributed by atoms with Gasteiger partial charge in [-0.3, -0.25) is 0 Å². The van der Waals surface area contributed by atoms with Crippen LogP contribution in [0.2, 0.25) is 0 Å². The van der Waals surface area contributed by atoms with Gasteiger partial charge in [-0.15, -0.1) is 0 Å². The quantitative estimate of drug-likeness (QED) is 0.774. The summed E-state index contributed by atoms with van der Waals surface area (Å²) >= 11 is 11.3. The van der Waals surface area contributed by atoms with Crippen LogP contribution >= 0.6 is 24.4 Å². The van der Waals surface area contributed by atoms with Crippen molar-refractivity contribution in [3.8, 4) is 0 Å². The molecule has 3 rings (SSSR count). The first-order valence-corrected chi connectivity index (χ1v) is 8.26. The summed E-state index contributed by atoms with van der Waals surface area (Å²) in [5, 5.41) is 0. The highest BCUT2D eigenvalue weighted by Gasteiger charge is 2.19. The fourth-order valence-electron chi connectivity index (χ4n) is 2.99. The Balaban J connectivity index is 1.78. The second kappa shape index (κ2) is 6.19. The molecule has 0 N–H and O–H groups in total. The van der Waals surface area contributed by atoms with Crippen LogP contribution in [0.25, 0.3) is 0 Å². The van der Waals surface area contributed by atoms with E-state index in [0.717, 1.165) is 47.3 Å². The molecule has 2 aliphatic heterocycles. The van der Waals surface area contributed by atoms with Crippen LogP contribution in [0.15, 0.2) is 24.3 Å². The van der Waals surface area contributed by atoms with Gasteiger partial charge in [-0.2, -0.15) is 0 Å². The second-order valence-corrected chi connectivity index (χ2v) is 6.35. The number of hydrogen-bond donors (Lipinski definition) is 0. The van der Waals surface area contributed by atoms with E-state index in [9.17, 15) is 0 Å². The smallest absolute Gasteiger partial charge is 0.109 e. The summed E-state index contributed by atoms with van der Waals surface area (Å²) < 4.78 is 0. The molecule has 4 heteroatoms. The molecule has 0 radical (unpaired) electrons. The normalized spacial score (nSPS) is 18.6. The van der Waals surface area contributed by atoms with Crippen molar-refractivity contribution in [2.45, 2.75) is 25.7 Å². The molecule has 0 spiro atoms. The third-order valence-electron chi connectivity index (χ3n) is 4.14. The Morgan fingerprint density at radius 1 is 0.750 bits per heavy atom. The average molecular weight is 304 g/mol. The van der Waals surface area contributed by atoms with Crippen molar-refractivity contribution in [3.63, 3.8) is 0 Å². The number of nitrogens with zero attached hydrogens (tertiary/aromatic N) is 2. The lowest BCUT2D eigenvalue weighted by Gasteiger charge is -2.21. The first-order valence-electron chi connectivity index (χ1n) is 7.44. The molecule has 0 amide bonds. The van der Waals surface area contributed by atoms with E-state index in [1.54, 1.807) is 0 Å². The molecule has 2 nitrogen and oxygen atoms in total. The van der Waals surface area contributed by atoms with Gasteiger partial charge in [0.25, 0.3) is 0 Å². The molecule has 0 saturated carbocycles. The van der Waals surface area contributed by atoms with Crippen LogP contribution in [0.1, 0.15) is 36.8 Å². The summed E-state index contributed by atoms with van der Waals surface area (Å²) in [5.74, 6) is 0. The fourth-order valence-corrected chi connectivity index (χ4v) is 3.61. The van der Waals surface area contributed by atoms with E-state index in [-0.39, 0.29) is 0 Å². The van der Waals surface area contributed by atoms with Crippen LogP contribution in [-0.4, -0.2) is 46.0 Å². The molecule has 0 bridgehead atoms. The van der Waals surface area contributed by atoms with Gasteiger partial charge in [-0.25, -0.2) is 0 Å². The van der Waals surface area contributed by atoms with Crippen LogP contribution < -0.4 is 0 Å². The van der Waals surface area contributed by atoms with E-state index < -0.39 is 0 Å². The zero-order chi connectivity index (χ0) is 13.9. The van der Waals surface area contributed by atoms with Crippen molar-refractivity contribution in [1.29, 1.82) is 0 Å². The Morgan fingerprint density at radius 2 is 1.15 bits per heavy atom. The molecule has 0 aromatic heterocycles. The largest absolute Gasteiger partial charge is 0.362 e. The van der Waals surface area contributed by atoms with E-state index in [1.165, 1.54) is 25.7 Å². The molecule has 2 heterocycles. The minimum Gasteiger partial charge on any atom is -0.362 e. The van der Waals surface area contributed by atoms with Crippen molar-refractivity contribution >= 4 is 34.4 Å². The first-order chi connectivity index (χ1) is 9.75. The zero-order valence-electron chi connectivity index (χ0n) is 11.7. The summed E-state index contributed by atoms with van der Waals surface area (Å²) in [5.41, 5.74) is 2.28. The van der Waals surface area contributed by atoms with Crippen molar-refractivity contribution in [1.82, 2.24) is 9.80 Å². The molecule has 2 saturated heterocycles. The van der Waals surface area contributed by atoms with Crippen molar-refractivity contribution in [2.75, 3.05) is 26.2 Å². The third-order valence-corrected chi connectivity index (χ3v) is 5.13. The highest BCUT2D eigenvalue weighted by molar-refractivity contribution is 7.81. The van der Waals surface area contributed by atoms with Gasteiger partial charge in [0.05, 0.1) is 0 Å². The van der Waals surface area contributed by atoms with Gasteiger partial charge in [-0.1, -0.05) is 42.6 Å². The molecule has 1 aromatic rings. The van der Waals surface area contributed by atoms with E-state index in [1.807, 2.05) is 0 Å². The second-order valence-electron chi connectivity index (χ2n) is 5.58. The molecule has 2 fully saturated rings. The van der Waals surface area contributed by atoms with Gasteiger partial charge in [0.2, 0.25) is 0 Å². The highest BCUT2D eigenvalue weighted by Crippen LogP contribution is 2.18. The SMILES string of the molecule is S=C(c1cccc(C(=S)N2CCCC2)c1)N1CCCC1. The maximum absolute atomic E-state index is 5.63. The number of likely N-dealkylation sites (tertiary alicyclic amines) is 2. The number of thiocarbonyl (C=S) groups is 2. The van der Waals surface area contributed by atoms with Crippen LogP contribution in [0.3, 0.4) is 0 Å². The van der Waals surface area contributed by atoms with Gasteiger partial charge >= 0.3 is 0 Å². The Kier molecular flexibility index (Phi) is 4.32. The van der Waals surface area contributed by atoms with Gasteiger partial charge in [0.1, 0.15) is 9.98 Å². The maximum atomic E-state index is 5.63. The summed E-state index contributed by atoms with van der Waals surface area (Å²) in [6.07, 6.45) is 5.02. The molecule has 106 valence electrons. The standard InChI is InChI=1S/C16H20N2S2/c19-15(17-8-1-2-9-17)13-6-5-7-14(12-13)16(20)18-10-3-4-11-18/h5-7,12H,1-4,8-11H2. The summed E-state index contributed by atoms with van der Waals surface area (Å²) in [6.45, 7) is 4.39. The van der Waals surface area contributed by atoms with Crippen LogP contribution in [0.4, 0.5) is 0 Å². The van der Waals surface area contributed by atoms with Gasteiger partial charge in [-0.05, 0) is 31.7 Å². The first kappa shape index (κ1) is 14.0. The summed E-state index contributed by atoms with van der Waals surface area (Å²) in [7, 11) is 0. The Bertz CT molecular complexity index is 472. The number of benzene rings is 1. The fraction of sp³-hybridized carbons (Fsp3) is 0.500. The highest BCUT2D eigenvalue weighted by atomic mass is 32.1. The van der Waals surface area contributed by atoms with E-state index >= 15 is 0 Å². The predicted octanol–water partition coefficient (Wildman–Crippen LogP) is 3.23. The monoisotopic (exact) mass is 304 g/mol. The lowest BCUT2D eigenvalue weighted by Crippen LogP contribution is -2.28. The summed E-state index contributed by atoms with van der Waals surface area (Å²) in [6, 6.07) is 8.46. The zero-order valence-corrected chi connectivity index (χ0v) is 13.3. The van der Waals surface area contributed by atoms with Crippen LogP contribution in [0, 0.1) is 0 Å². The Labute approximate surface area is 131 Å². The van der Waals surface area contributed by atoms with Gasteiger partial charge in [0.15, 0.2) is 0 Å². The van der Waals surface area contributed by atoms with Crippen molar-refractivity contribution in [3.05, 3.63) is 35.4 Å². The lowest BCUT2D eigenvalue weighted by molar-refractivity contribution is 0.529. The molecular formula is C16H20N2S2. The van der Waals surface area contributed by atoms with Crippen LogP contribution in [-0.2, 0) is 0 Å². The lowest BCUT2D eigenvalue weighted by atomic mass is 10.1. The van der Waals surface area contributed by atoms with Crippen molar-refractivity contribution in [2.24, 2.45) is 0 Å². The number of hydrogen-bond acceptors (Lipinski definition) is 2. The topological polar surface area (TPSA) is 6.48 Å². The Hall–Kier alpha value is -1.00.